The Morgan fingerprint density at radius 2 is 1.95 bits per heavy atom. The van der Waals surface area contributed by atoms with E-state index in [2.05, 4.69) is 31.7 Å². The fraction of sp³-hybridized carbons (Fsp3) is 0.571. The van der Waals surface area contributed by atoms with E-state index in [9.17, 15) is 19.6 Å². The number of nitrogens with one attached hydrogen (secondary N) is 5. The van der Waals surface area contributed by atoms with Crippen LogP contribution in [0.15, 0.2) is 34.9 Å². The van der Waals surface area contributed by atoms with Crippen LogP contribution in [0.4, 0.5) is 5.69 Å². The number of benzene rings is 1. The lowest BCUT2D eigenvalue weighted by molar-refractivity contribution is -0.127. The van der Waals surface area contributed by atoms with Crippen molar-refractivity contribution >= 4 is 35.2 Å². The zero-order valence-electron chi connectivity index (χ0n) is 23.1. The lowest BCUT2D eigenvalue weighted by Crippen LogP contribution is -2.40. The van der Waals surface area contributed by atoms with Crippen molar-refractivity contribution in [2.45, 2.75) is 44.4 Å². The fourth-order valence-electron chi connectivity index (χ4n) is 5.16. The number of carbonyl (C=O) groups excluding carboxylic acids is 3. The molecule has 0 bridgehead atoms. The van der Waals surface area contributed by atoms with E-state index in [0.717, 1.165) is 63.7 Å². The Morgan fingerprint density at radius 1 is 1.18 bits per heavy atom. The first-order chi connectivity index (χ1) is 19.5. The zero-order valence-corrected chi connectivity index (χ0v) is 23.9. The molecule has 12 heteroatoms. The lowest BCUT2D eigenvalue weighted by Gasteiger charge is -2.23. The van der Waals surface area contributed by atoms with Gasteiger partial charge in [-0.3, -0.25) is 14.4 Å². The van der Waals surface area contributed by atoms with Crippen LogP contribution in [0.25, 0.3) is 0 Å². The van der Waals surface area contributed by atoms with E-state index in [1.807, 2.05) is 13.0 Å². The molecule has 0 spiro atoms. The van der Waals surface area contributed by atoms with Gasteiger partial charge in [-0.15, -0.1) is 0 Å². The third kappa shape index (κ3) is 7.97. The van der Waals surface area contributed by atoms with Gasteiger partial charge in [-0.2, -0.15) is 5.26 Å². The maximum atomic E-state index is 13.1. The van der Waals surface area contributed by atoms with Gasteiger partial charge in [0.15, 0.2) is 5.37 Å². The first kappa shape index (κ1) is 29.9. The van der Waals surface area contributed by atoms with E-state index < -0.39 is 11.3 Å². The summed E-state index contributed by atoms with van der Waals surface area (Å²) in [5.74, 6) is -0.474. The number of likely N-dealkylation sites (N-methyl/N-ethyl adjacent to an activating group) is 1. The van der Waals surface area contributed by atoms with Crippen LogP contribution in [0.3, 0.4) is 0 Å². The van der Waals surface area contributed by atoms with Gasteiger partial charge in [0.2, 0.25) is 0 Å². The molecule has 40 heavy (non-hydrogen) atoms. The second-order valence-electron chi connectivity index (χ2n) is 10.3. The Hall–Kier alpha value is -3.11. The molecule has 1 aromatic carbocycles. The number of likely N-dealkylation sites (tertiary alicyclic amines) is 1. The predicted octanol–water partition coefficient (Wildman–Crippen LogP) is 1.59. The summed E-state index contributed by atoms with van der Waals surface area (Å²) in [6.45, 7) is 8.41. The number of rotatable bonds is 12. The van der Waals surface area contributed by atoms with Gasteiger partial charge in [0.05, 0.1) is 0 Å². The summed E-state index contributed by atoms with van der Waals surface area (Å²) >= 11 is 1.13. The molecule has 11 nitrogen and oxygen atoms in total. The topological polar surface area (TPSA) is 142 Å². The number of piperidine rings is 1. The third-order valence-electron chi connectivity index (χ3n) is 7.45. The van der Waals surface area contributed by atoms with Crippen molar-refractivity contribution in [1.82, 2.24) is 31.2 Å². The van der Waals surface area contributed by atoms with Crippen LogP contribution < -0.4 is 26.8 Å². The molecule has 0 saturated carbocycles. The number of anilines is 1. The third-order valence-corrected chi connectivity index (χ3v) is 8.65. The summed E-state index contributed by atoms with van der Waals surface area (Å²) in [7, 11) is 0. The fourth-order valence-corrected chi connectivity index (χ4v) is 6.33. The lowest BCUT2D eigenvalue weighted by atomic mass is 9.98. The quantitative estimate of drug-likeness (QED) is 0.110. The molecule has 3 saturated heterocycles. The molecule has 0 aliphatic carbocycles. The van der Waals surface area contributed by atoms with Crippen molar-refractivity contribution in [2.24, 2.45) is 5.92 Å². The summed E-state index contributed by atoms with van der Waals surface area (Å²) in [4.78, 5) is 42.5. The highest BCUT2D eigenvalue weighted by atomic mass is 32.2. The van der Waals surface area contributed by atoms with Crippen LogP contribution in [0.1, 0.15) is 49.4 Å². The molecule has 3 aliphatic heterocycles. The zero-order chi connectivity index (χ0) is 28.3. The molecule has 1 unspecified atom stereocenters. The van der Waals surface area contributed by atoms with E-state index in [1.165, 1.54) is 17.7 Å². The smallest absolute Gasteiger partial charge is 0.264 e. The first-order valence-electron chi connectivity index (χ1n) is 14.2. The molecule has 0 radical (unpaired) electrons. The molecule has 3 heterocycles. The van der Waals surface area contributed by atoms with Crippen molar-refractivity contribution in [3.8, 4) is 6.07 Å². The van der Waals surface area contributed by atoms with Crippen molar-refractivity contribution in [2.75, 3.05) is 57.8 Å². The molecule has 1 aromatic rings. The standard InChI is InChI=1S/C28H40N8O3S/c1-2-36-27(39)26(40-28(36)23(18-29)25(38)32-19-20-9-12-30-13-10-20)34-33-22-8-5-7-21(17-22)24(37)31-11-6-16-35-14-3-4-15-35/h5,7-8,17,20,26,30,33-34H,2-4,6,9-16,19H2,1H3,(H,31,37)(H,32,38)/b28-23-. The Balaban J connectivity index is 1.31. The van der Waals surface area contributed by atoms with Gasteiger partial charge < -0.3 is 31.2 Å². The monoisotopic (exact) mass is 568 g/mol. The van der Waals surface area contributed by atoms with Crippen molar-refractivity contribution < 1.29 is 14.4 Å². The molecule has 4 rings (SSSR count). The highest BCUT2D eigenvalue weighted by molar-refractivity contribution is 8.04. The molecule has 0 aromatic heterocycles. The minimum Gasteiger partial charge on any atom is -0.352 e. The minimum absolute atomic E-state index is 0.0539. The highest BCUT2D eigenvalue weighted by Gasteiger charge is 2.39. The highest BCUT2D eigenvalue weighted by Crippen LogP contribution is 2.36. The Morgan fingerprint density at radius 3 is 2.67 bits per heavy atom. The van der Waals surface area contributed by atoms with Crippen molar-refractivity contribution in [1.29, 1.82) is 5.26 Å². The second kappa shape index (κ2) is 15.0. The van der Waals surface area contributed by atoms with Crippen LogP contribution in [0.2, 0.25) is 0 Å². The van der Waals surface area contributed by atoms with Crippen LogP contribution >= 0.6 is 11.8 Å². The summed E-state index contributed by atoms with van der Waals surface area (Å²) in [6.07, 6.45) is 5.38. The molecule has 3 fully saturated rings. The van der Waals surface area contributed by atoms with E-state index >= 15 is 0 Å². The SMILES string of the molecule is CCN1C(=O)C(NNc2cccc(C(=O)NCCCN3CCCC3)c2)S/C1=C(/C#N)C(=O)NCC1CCNCC1. The number of hydrogen-bond donors (Lipinski definition) is 5. The summed E-state index contributed by atoms with van der Waals surface area (Å²) in [6, 6.07) is 9.05. The average Bonchev–Trinajstić information content (AvgIpc) is 3.61. The first-order valence-corrected chi connectivity index (χ1v) is 15.1. The number of hydrazine groups is 1. The van der Waals surface area contributed by atoms with Gasteiger partial charge in [-0.25, -0.2) is 5.43 Å². The van der Waals surface area contributed by atoms with Crippen molar-refractivity contribution in [3.05, 3.63) is 40.4 Å². The molecule has 216 valence electrons. The molecule has 1 atom stereocenters. The van der Waals surface area contributed by atoms with Gasteiger partial charge in [0.1, 0.15) is 16.7 Å². The molecular weight excluding hydrogens is 528 g/mol. The maximum absolute atomic E-state index is 13.1. The summed E-state index contributed by atoms with van der Waals surface area (Å²) in [5.41, 5.74) is 7.10. The average molecular weight is 569 g/mol. The predicted molar refractivity (Wildman–Crippen MR) is 156 cm³/mol. The van der Waals surface area contributed by atoms with E-state index in [-0.39, 0.29) is 17.4 Å². The number of hydrogen-bond acceptors (Lipinski definition) is 9. The Labute approximate surface area is 240 Å². The Bertz CT molecular complexity index is 1120. The van der Waals surface area contributed by atoms with E-state index in [1.54, 1.807) is 24.3 Å². The molecule has 5 N–H and O–H groups in total. The minimum atomic E-state index is -0.737. The van der Waals surface area contributed by atoms with Crippen molar-refractivity contribution in [3.63, 3.8) is 0 Å². The van der Waals surface area contributed by atoms with Gasteiger partial charge >= 0.3 is 0 Å². The second-order valence-corrected chi connectivity index (χ2v) is 11.4. The molecule has 3 aliphatic rings. The largest absolute Gasteiger partial charge is 0.352 e. The van der Waals surface area contributed by atoms with Gasteiger partial charge in [0.25, 0.3) is 17.7 Å². The number of carbonyl (C=O) groups is 3. The number of thioether (sulfide) groups is 1. The van der Waals surface area contributed by atoms with E-state index in [0.29, 0.717) is 41.8 Å². The van der Waals surface area contributed by atoms with Crippen LogP contribution in [0.5, 0.6) is 0 Å². The van der Waals surface area contributed by atoms with Crippen LogP contribution in [0, 0.1) is 17.2 Å². The molecule has 3 amide bonds. The summed E-state index contributed by atoms with van der Waals surface area (Å²) in [5, 5.41) is 18.6. The maximum Gasteiger partial charge on any atom is 0.264 e. The van der Waals surface area contributed by atoms with Gasteiger partial charge in [-0.05, 0) is 95.9 Å². The van der Waals surface area contributed by atoms with Gasteiger partial charge in [-0.1, -0.05) is 17.8 Å². The van der Waals surface area contributed by atoms with Crippen LogP contribution in [-0.2, 0) is 9.59 Å². The number of nitrogens with zero attached hydrogens (tertiary/aromatic N) is 3. The normalized spacial score (nSPS) is 21.2. The summed E-state index contributed by atoms with van der Waals surface area (Å²) < 4.78 is 0. The number of amides is 3. The van der Waals surface area contributed by atoms with Gasteiger partial charge in [0, 0.05) is 30.9 Å². The van der Waals surface area contributed by atoms with E-state index in [4.69, 9.17) is 0 Å². The number of nitriles is 1. The Kier molecular flexibility index (Phi) is 11.2. The molecular formula is C28H40N8O3S. The van der Waals surface area contributed by atoms with Crippen LogP contribution in [-0.4, -0.2) is 85.3 Å².